The second-order valence-electron chi connectivity index (χ2n) is 3.09. The Labute approximate surface area is 105 Å². The number of thioether (sulfide) groups is 2. The molecule has 0 radical (unpaired) electrons. The van der Waals surface area contributed by atoms with Crippen molar-refractivity contribution >= 4 is 29.4 Å². The molecule has 0 aliphatic rings. The Morgan fingerprint density at radius 3 is 2.69 bits per heavy atom. The first kappa shape index (κ1) is 13.4. The third-order valence-electron chi connectivity index (χ3n) is 2.02. The molecule has 5 heteroatoms. The quantitative estimate of drug-likeness (QED) is 0.355. The van der Waals surface area contributed by atoms with Crippen LogP contribution in [0.5, 0.6) is 0 Å². The summed E-state index contributed by atoms with van der Waals surface area (Å²) in [7, 11) is 1.69. The highest BCUT2D eigenvalue weighted by Gasteiger charge is 2.10. The number of benzene rings is 1. The van der Waals surface area contributed by atoms with E-state index in [4.69, 9.17) is 15.9 Å². The molecule has 0 heterocycles. The molecule has 0 unspecified atom stereocenters. The summed E-state index contributed by atoms with van der Waals surface area (Å²) in [6.45, 7) is 0.700. The van der Waals surface area contributed by atoms with Crippen LogP contribution in [0.2, 0.25) is 0 Å². The molecule has 0 aromatic heterocycles. The van der Waals surface area contributed by atoms with Crippen molar-refractivity contribution in [1.29, 1.82) is 5.41 Å². The molecule has 0 saturated heterocycles. The van der Waals surface area contributed by atoms with Crippen molar-refractivity contribution in [2.75, 3.05) is 25.7 Å². The Kier molecular flexibility index (Phi) is 5.73. The third-order valence-corrected chi connectivity index (χ3v) is 3.82. The average molecular weight is 256 g/mol. The summed E-state index contributed by atoms with van der Waals surface area (Å²) in [6.07, 6.45) is 1.99. The van der Waals surface area contributed by atoms with E-state index >= 15 is 0 Å². The summed E-state index contributed by atoms with van der Waals surface area (Å²) in [4.78, 5) is 2.10. The highest BCUT2D eigenvalue weighted by molar-refractivity contribution is 8.00. The molecule has 0 atom stereocenters. The number of methoxy groups -OCH3 is 1. The zero-order valence-electron chi connectivity index (χ0n) is 9.45. The molecule has 0 spiro atoms. The molecule has 0 amide bonds. The molecule has 16 heavy (non-hydrogen) atoms. The maximum Gasteiger partial charge on any atom is 0.125 e. The monoisotopic (exact) mass is 256 g/mol. The molecule has 0 aliphatic heterocycles. The molecule has 3 N–H and O–H groups in total. The van der Waals surface area contributed by atoms with Crippen LogP contribution in [0.15, 0.2) is 28.0 Å². The topological polar surface area (TPSA) is 59.1 Å². The van der Waals surface area contributed by atoms with E-state index in [1.807, 2.05) is 24.5 Å². The van der Waals surface area contributed by atoms with Crippen molar-refractivity contribution in [3.63, 3.8) is 0 Å². The van der Waals surface area contributed by atoms with Crippen molar-refractivity contribution in [2.45, 2.75) is 9.79 Å². The zero-order valence-corrected chi connectivity index (χ0v) is 11.1. The van der Waals surface area contributed by atoms with Crippen LogP contribution in [0.4, 0.5) is 0 Å². The van der Waals surface area contributed by atoms with Crippen LogP contribution >= 0.6 is 23.5 Å². The zero-order chi connectivity index (χ0) is 12.0. The lowest BCUT2D eigenvalue weighted by molar-refractivity contribution is 0.218. The molecule has 0 saturated carbocycles. The van der Waals surface area contributed by atoms with Crippen molar-refractivity contribution in [1.82, 2.24) is 0 Å². The number of nitrogen functional groups attached to an aromatic ring is 1. The van der Waals surface area contributed by atoms with Gasteiger partial charge < -0.3 is 10.5 Å². The van der Waals surface area contributed by atoms with Crippen LogP contribution in [-0.4, -0.2) is 31.6 Å². The molecule has 88 valence electrons. The fourth-order valence-corrected chi connectivity index (χ4v) is 3.01. The van der Waals surface area contributed by atoms with E-state index < -0.39 is 0 Å². The SMILES string of the molecule is COCCSc1cccc(SC)c1C(=N)N. The molecule has 1 aromatic rings. The van der Waals surface area contributed by atoms with E-state index in [2.05, 4.69) is 0 Å². The van der Waals surface area contributed by atoms with E-state index in [0.29, 0.717) is 6.61 Å². The van der Waals surface area contributed by atoms with Crippen LogP contribution in [0.1, 0.15) is 5.56 Å². The van der Waals surface area contributed by atoms with E-state index in [9.17, 15) is 0 Å². The van der Waals surface area contributed by atoms with Gasteiger partial charge in [0.2, 0.25) is 0 Å². The lowest BCUT2D eigenvalue weighted by Gasteiger charge is -2.11. The van der Waals surface area contributed by atoms with Crippen molar-refractivity contribution < 1.29 is 4.74 Å². The number of amidine groups is 1. The lowest BCUT2D eigenvalue weighted by atomic mass is 10.2. The minimum absolute atomic E-state index is 0.130. The second-order valence-corrected chi connectivity index (χ2v) is 5.07. The van der Waals surface area contributed by atoms with Gasteiger partial charge in [0.25, 0.3) is 0 Å². The van der Waals surface area contributed by atoms with Gasteiger partial charge in [-0.3, -0.25) is 5.41 Å². The largest absolute Gasteiger partial charge is 0.384 e. The van der Waals surface area contributed by atoms with Crippen molar-refractivity contribution in [3.05, 3.63) is 23.8 Å². The normalized spacial score (nSPS) is 10.4. The second kappa shape index (κ2) is 6.83. The molecular weight excluding hydrogens is 240 g/mol. The van der Waals surface area contributed by atoms with Gasteiger partial charge in [-0.15, -0.1) is 23.5 Å². The average Bonchev–Trinajstić information content (AvgIpc) is 2.28. The third kappa shape index (κ3) is 3.43. The lowest BCUT2D eigenvalue weighted by Crippen LogP contribution is -2.14. The number of ether oxygens (including phenoxy) is 1. The van der Waals surface area contributed by atoms with E-state index in [0.717, 1.165) is 21.1 Å². The van der Waals surface area contributed by atoms with Gasteiger partial charge in [0, 0.05) is 28.2 Å². The fraction of sp³-hybridized carbons (Fsp3) is 0.364. The van der Waals surface area contributed by atoms with Gasteiger partial charge >= 0.3 is 0 Å². The Bertz CT molecular complexity index is 369. The summed E-state index contributed by atoms with van der Waals surface area (Å²) in [5.74, 6) is 0.999. The van der Waals surface area contributed by atoms with Crippen molar-refractivity contribution in [3.8, 4) is 0 Å². The van der Waals surface area contributed by atoms with E-state index in [1.54, 1.807) is 30.6 Å². The smallest absolute Gasteiger partial charge is 0.125 e. The number of hydrogen-bond acceptors (Lipinski definition) is 4. The number of nitrogens with one attached hydrogen (secondary N) is 1. The number of rotatable bonds is 6. The molecule has 0 fully saturated rings. The van der Waals surface area contributed by atoms with Gasteiger partial charge in [-0.25, -0.2) is 0 Å². The predicted molar refractivity (Wildman–Crippen MR) is 71.8 cm³/mol. The first-order chi connectivity index (χ1) is 7.70. The Morgan fingerprint density at radius 1 is 1.44 bits per heavy atom. The van der Waals surface area contributed by atoms with Crippen LogP contribution in [0.3, 0.4) is 0 Å². The maximum atomic E-state index is 7.62. The highest BCUT2D eigenvalue weighted by atomic mass is 32.2. The van der Waals surface area contributed by atoms with E-state index in [1.165, 1.54) is 0 Å². The standard InChI is InChI=1S/C11H16N2OS2/c1-14-6-7-16-9-5-3-4-8(15-2)10(9)11(12)13/h3-5H,6-7H2,1-2H3,(H3,12,13). The minimum Gasteiger partial charge on any atom is -0.384 e. The Hall–Kier alpha value is -0.650. The van der Waals surface area contributed by atoms with Crippen LogP contribution in [0.25, 0.3) is 0 Å². The first-order valence-electron chi connectivity index (χ1n) is 4.83. The summed E-state index contributed by atoms with van der Waals surface area (Å²) in [5.41, 5.74) is 6.46. The summed E-state index contributed by atoms with van der Waals surface area (Å²) in [6, 6.07) is 5.98. The van der Waals surface area contributed by atoms with Crippen LogP contribution in [0, 0.1) is 5.41 Å². The number of hydrogen-bond donors (Lipinski definition) is 2. The van der Waals surface area contributed by atoms with E-state index in [-0.39, 0.29) is 5.84 Å². The van der Waals surface area contributed by atoms with Gasteiger partial charge in [0.05, 0.1) is 6.61 Å². The van der Waals surface area contributed by atoms with Gasteiger partial charge in [0.1, 0.15) is 5.84 Å². The van der Waals surface area contributed by atoms with Crippen molar-refractivity contribution in [2.24, 2.45) is 5.73 Å². The maximum absolute atomic E-state index is 7.62. The molecular formula is C11H16N2OS2. The molecule has 3 nitrogen and oxygen atoms in total. The minimum atomic E-state index is 0.130. The molecule has 1 rings (SSSR count). The van der Waals surface area contributed by atoms with Gasteiger partial charge in [-0.1, -0.05) is 6.07 Å². The predicted octanol–water partition coefficient (Wildman–Crippen LogP) is 2.43. The fourth-order valence-electron chi connectivity index (χ4n) is 1.30. The van der Waals surface area contributed by atoms with Crippen LogP contribution < -0.4 is 5.73 Å². The summed E-state index contributed by atoms with van der Waals surface area (Å²) >= 11 is 3.28. The summed E-state index contributed by atoms with van der Waals surface area (Å²) in [5, 5.41) is 7.62. The molecule has 0 bridgehead atoms. The number of nitrogens with two attached hydrogens (primary N) is 1. The Balaban J connectivity index is 2.93. The van der Waals surface area contributed by atoms with Gasteiger partial charge in [-0.2, -0.15) is 0 Å². The first-order valence-corrected chi connectivity index (χ1v) is 7.05. The van der Waals surface area contributed by atoms with Gasteiger partial charge in [-0.05, 0) is 18.4 Å². The van der Waals surface area contributed by atoms with Gasteiger partial charge in [0.15, 0.2) is 0 Å². The molecule has 1 aromatic carbocycles. The molecule has 0 aliphatic carbocycles. The Morgan fingerprint density at radius 2 is 2.12 bits per heavy atom. The highest BCUT2D eigenvalue weighted by Crippen LogP contribution is 2.29. The summed E-state index contributed by atoms with van der Waals surface area (Å²) < 4.78 is 5.01. The van der Waals surface area contributed by atoms with Crippen LogP contribution in [-0.2, 0) is 4.74 Å².